The number of ether oxygens (including phenoxy) is 2. The zero-order valence-corrected chi connectivity index (χ0v) is 19.7. The van der Waals surface area contributed by atoms with Crippen LogP contribution in [0.5, 0.6) is 11.5 Å². The lowest BCUT2D eigenvalue weighted by Gasteiger charge is -2.38. The van der Waals surface area contributed by atoms with Gasteiger partial charge in [0.2, 0.25) is 0 Å². The molecule has 7 heteroatoms. The van der Waals surface area contributed by atoms with Crippen LogP contribution < -0.4 is 9.47 Å². The van der Waals surface area contributed by atoms with Gasteiger partial charge in [0, 0.05) is 0 Å². The Hall–Kier alpha value is -2.93. The van der Waals surface area contributed by atoms with E-state index in [1.54, 1.807) is 14.2 Å². The van der Waals surface area contributed by atoms with Crippen molar-refractivity contribution in [2.24, 2.45) is 0 Å². The molecule has 1 saturated heterocycles. The molecule has 1 aliphatic heterocycles. The second-order valence-corrected chi connectivity index (χ2v) is 9.36. The standard InChI is InChI=1S/C25H33N5O2/c1-25(2,3)30-24(26-27-28-30)23(20-11-12-21(31-4)22(17-20)32-5)29-15-13-19(14-16-29)18-9-7-6-8-10-18/h6-12,17,19,23H,13-16H2,1-5H3/t23-/m0/s1. The van der Waals surface area contributed by atoms with Crippen LogP contribution in [0.25, 0.3) is 0 Å². The van der Waals surface area contributed by atoms with Gasteiger partial charge in [-0.3, -0.25) is 4.90 Å². The molecule has 0 aliphatic carbocycles. The first-order valence-corrected chi connectivity index (χ1v) is 11.2. The Labute approximate surface area is 190 Å². The molecule has 4 rings (SSSR count). The monoisotopic (exact) mass is 435 g/mol. The van der Waals surface area contributed by atoms with Gasteiger partial charge in [0.15, 0.2) is 17.3 Å². The Morgan fingerprint density at radius 2 is 1.62 bits per heavy atom. The molecular weight excluding hydrogens is 402 g/mol. The van der Waals surface area contributed by atoms with E-state index < -0.39 is 0 Å². The zero-order valence-electron chi connectivity index (χ0n) is 19.7. The second-order valence-electron chi connectivity index (χ2n) is 9.36. The average Bonchev–Trinajstić information content (AvgIpc) is 3.30. The van der Waals surface area contributed by atoms with Gasteiger partial charge < -0.3 is 9.47 Å². The van der Waals surface area contributed by atoms with E-state index in [0.29, 0.717) is 17.4 Å². The molecule has 1 fully saturated rings. The maximum Gasteiger partial charge on any atom is 0.173 e. The SMILES string of the molecule is COc1ccc([C@@H](c2nnnn2C(C)(C)C)N2CCC(c3ccccc3)CC2)cc1OC. The highest BCUT2D eigenvalue weighted by molar-refractivity contribution is 5.45. The number of nitrogens with zero attached hydrogens (tertiary/aromatic N) is 5. The van der Waals surface area contributed by atoms with E-state index in [9.17, 15) is 0 Å². The molecule has 3 aromatic rings. The summed E-state index contributed by atoms with van der Waals surface area (Å²) in [6.45, 7) is 8.31. The smallest absolute Gasteiger partial charge is 0.173 e. The van der Waals surface area contributed by atoms with Crippen LogP contribution in [-0.2, 0) is 5.54 Å². The van der Waals surface area contributed by atoms with Crippen molar-refractivity contribution in [2.45, 2.75) is 51.1 Å². The molecule has 0 amide bonds. The van der Waals surface area contributed by atoms with E-state index >= 15 is 0 Å². The first-order chi connectivity index (χ1) is 15.4. The molecule has 1 atom stereocenters. The number of likely N-dealkylation sites (tertiary alicyclic amines) is 1. The highest BCUT2D eigenvalue weighted by Gasteiger charge is 2.34. The molecule has 0 radical (unpaired) electrons. The summed E-state index contributed by atoms with van der Waals surface area (Å²) in [7, 11) is 3.32. The maximum absolute atomic E-state index is 5.60. The number of aromatic nitrogens is 4. The molecule has 0 N–H and O–H groups in total. The number of hydrogen-bond acceptors (Lipinski definition) is 6. The normalized spacial score (nSPS) is 16.7. The summed E-state index contributed by atoms with van der Waals surface area (Å²) in [5.41, 5.74) is 2.30. The number of rotatable bonds is 6. The fraction of sp³-hybridized carbons (Fsp3) is 0.480. The molecule has 1 aliphatic rings. The Kier molecular flexibility index (Phi) is 6.46. The van der Waals surface area contributed by atoms with Crippen molar-refractivity contribution < 1.29 is 9.47 Å². The third-order valence-electron chi connectivity index (χ3n) is 6.26. The van der Waals surface area contributed by atoms with E-state index in [0.717, 1.165) is 37.3 Å². The van der Waals surface area contributed by atoms with Gasteiger partial charge in [-0.15, -0.1) is 5.10 Å². The van der Waals surface area contributed by atoms with Crippen LogP contribution in [0.4, 0.5) is 0 Å². The summed E-state index contributed by atoms with van der Waals surface area (Å²) < 4.78 is 13.0. The first kappa shape index (κ1) is 22.3. The fourth-order valence-corrected chi connectivity index (χ4v) is 4.60. The maximum atomic E-state index is 5.60. The van der Waals surface area contributed by atoms with Crippen molar-refractivity contribution in [3.8, 4) is 11.5 Å². The van der Waals surface area contributed by atoms with Crippen molar-refractivity contribution in [1.82, 2.24) is 25.1 Å². The van der Waals surface area contributed by atoms with Crippen molar-refractivity contribution in [1.29, 1.82) is 0 Å². The second kappa shape index (κ2) is 9.28. The Morgan fingerprint density at radius 3 is 2.25 bits per heavy atom. The summed E-state index contributed by atoms with van der Waals surface area (Å²) >= 11 is 0. The predicted molar refractivity (Wildman–Crippen MR) is 124 cm³/mol. The lowest BCUT2D eigenvalue weighted by atomic mass is 9.88. The van der Waals surface area contributed by atoms with E-state index in [1.807, 2.05) is 10.7 Å². The van der Waals surface area contributed by atoms with Gasteiger partial charge in [-0.05, 0) is 86.3 Å². The number of piperidine rings is 1. The lowest BCUT2D eigenvalue weighted by molar-refractivity contribution is 0.159. The average molecular weight is 436 g/mol. The van der Waals surface area contributed by atoms with Crippen LogP contribution in [0.15, 0.2) is 48.5 Å². The van der Waals surface area contributed by atoms with Crippen LogP contribution in [0, 0.1) is 0 Å². The van der Waals surface area contributed by atoms with Gasteiger partial charge in [0.25, 0.3) is 0 Å². The van der Waals surface area contributed by atoms with Crippen molar-refractivity contribution in [2.75, 3.05) is 27.3 Å². The molecule has 32 heavy (non-hydrogen) atoms. The number of methoxy groups -OCH3 is 2. The van der Waals surface area contributed by atoms with Crippen LogP contribution in [-0.4, -0.2) is 52.4 Å². The van der Waals surface area contributed by atoms with E-state index in [-0.39, 0.29) is 11.6 Å². The minimum absolute atomic E-state index is 0.0687. The third kappa shape index (κ3) is 4.48. The summed E-state index contributed by atoms with van der Waals surface area (Å²) in [6, 6.07) is 16.9. The zero-order chi connectivity index (χ0) is 22.7. The quantitative estimate of drug-likeness (QED) is 0.571. The minimum Gasteiger partial charge on any atom is -0.493 e. The van der Waals surface area contributed by atoms with E-state index in [4.69, 9.17) is 9.47 Å². The largest absolute Gasteiger partial charge is 0.493 e. The van der Waals surface area contributed by atoms with E-state index in [2.05, 4.69) is 83.7 Å². The summed E-state index contributed by atoms with van der Waals surface area (Å²) in [4.78, 5) is 2.49. The van der Waals surface area contributed by atoms with Crippen molar-refractivity contribution in [3.05, 3.63) is 65.5 Å². The number of benzene rings is 2. The topological polar surface area (TPSA) is 65.3 Å². The molecule has 0 bridgehead atoms. The molecule has 0 unspecified atom stereocenters. The summed E-state index contributed by atoms with van der Waals surface area (Å²) in [5.74, 6) is 2.86. The Bertz CT molecular complexity index is 1020. The van der Waals surface area contributed by atoms with Crippen molar-refractivity contribution in [3.63, 3.8) is 0 Å². The van der Waals surface area contributed by atoms with Crippen LogP contribution in [0.2, 0.25) is 0 Å². The van der Waals surface area contributed by atoms with Crippen LogP contribution in [0.1, 0.15) is 62.5 Å². The van der Waals surface area contributed by atoms with Gasteiger partial charge in [-0.2, -0.15) is 0 Å². The number of tetrazole rings is 1. The molecular formula is C25H33N5O2. The molecule has 2 heterocycles. The Morgan fingerprint density at radius 1 is 0.938 bits per heavy atom. The van der Waals surface area contributed by atoms with Gasteiger partial charge in [-0.1, -0.05) is 36.4 Å². The molecule has 7 nitrogen and oxygen atoms in total. The molecule has 0 spiro atoms. The third-order valence-corrected chi connectivity index (χ3v) is 6.26. The van der Waals surface area contributed by atoms with Crippen molar-refractivity contribution >= 4 is 0 Å². The minimum atomic E-state index is -0.226. The molecule has 2 aromatic carbocycles. The van der Waals surface area contributed by atoms with Gasteiger partial charge >= 0.3 is 0 Å². The fourth-order valence-electron chi connectivity index (χ4n) is 4.60. The lowest BCUT2D eigenvalue weighted by Crippen LogP contribution is -2.39. The van der Waals surface area contributed by atoms with Crippen LogP contribution >= 0.6 is 0 Å². The molecule has 1 aromatic heterocycles. The highest BCUT2D eigenvalue weighted by Crippen LogP contribution is 2.38. The number of hydrogen-bond donors (Lipinski definition) is 0. The van der Waals surface area contributed by atoms with Gasteiger partial charge in [-0.25, -0.2) is 4.68 Å². The summed E-state index contributed by atoms with van der Waals surface area (Å²) in [6.07, 6.45) is 2.20. The van der Waals surface area contributed by atoms with E-state index in [1.165, 1.54) is 5.56 Å². The highest BCUT2D eigenvalue weighted by atomic mass is 16.5. The molecule has 0 saturated carbocycles. The van der Waals surface area contributed by atoms with Gasteiger partial charge in [0.1, 0.15) is 0 Å². The first-order valence-electron chi connectivity index (χ1n) is 11.2. The van der Waals surface area contributed by atoms with Crippen LogP contribution in [0.3, 0.4) is 0 Å². The Balaban J connectivity index is 1.69. The molecule has 170 valence electrons. The predicted octanol–water partition coefficient (Wildman–Crippen LogP) is 4.41. The summed E-state index contributed by atoms with van der Waals surface area (Å²) in [5, 5.41) is 12.9. The van der Waals surface area contributed by atoms with Gasteiger partial charge in [0.05, 0.1) is 25.8 Å².